The molecule has 2 N–H and O–H groups in total. The van der Waals surface area contributed by atoms with Crippen LogP contribution in [0.4, 0.5) is 0 Å². The fourth-order valence-corrected chi connectivity index (χ4v) is 3.55. The van der Waals surface area contributed by atoms with E-state index < -0.39 is 0 Å². The number of hydrogen-bond acceptors (Lipinski definition) is 4. The van der Waals surface area contributed by atoms with Gasteiger partial charge < -0.3 is 15.0 Å². The summed E-state index contributed by atoms with van der Waals surface area (Å²) in [4.78, 5) is 14.8. The zero-order valence-electron chi connectivity index (χ0n) is 13.3. The second-order valence-electron chi connectivity index (χ2n) is 6.64. The summed E-state index contributed by atoms with van der Waals surface area (Å²) < 4.78 is 5.53. The van der Waals surface area contributed by atoms with E-state index in [0.29, 0.717) is 19.1 Å². The van der Waals surface area contributed by atoms with E-state index in [0.717, 1.165) is 39.0 Å². The van der Waals surface area contributed by atoms with Gasteiger partial charge in [0.15, 0.2) is 0 Å². The van der Waals surface area contributed by atoms with Crippen molar-refractivity contribution in [2.24, 2.45) is 5.92 Å². The lowest BCUT2D eigenvalue weighted by Gasteiger charge is -2.25. The van der Waals surface area contributed by atoms with Crippen molar-refractivity contribution >= 4 is 18.3 Å². The maximum absolute atomic E-state index is 12.7. The van der Waals surface area contributed by atoms with Gasteiger partial charge in [0, 0.05) is 44.2 Å². The number of carbonyl (C=O) groups excluding carboxylic acids is 1. The minimum absolute atomic E-state index is 0. The van der Waals surface area contributed by atoms with Crippen LogP contribution >= 0.6 is 12.4 Å². The Morgan fingerprint density at radius 2 is 2.09 bits per heavy atom. The van der Waals surface area contributed by atoms with Crippen molar-refractivity contribution in [2.45, 2.75) is 31.6 Å². The number of ether oxygens (including phenoxy) is 1. The van der Waals surface area contributed by atoms with Crippen molar-refractivity contribution in [1.82, 2.24) is 20.4 Å². The predicted octanol–water partition coefficient (Wildman–Crippen LogP) is 0.872. The molecule has 1 aromatic heterocycles. The summed E-state index contributed by atoms with van der Waals surface area (Å²) in [6.07, 6.45) is 4.36. The average molecular weight is 341 g/mol. The molecule has 3 heterocycles. The number of aromatic nitrogens is 2. The largest absolute Gasteiger partial charge is 0.379 e. The number of nitrogens with zero attached hydrogens (tertiary/aromatic N) is 2. The van der Waals surface area contributed by atoms with Crippen molar-refractivity contribution < 1.29 is 9.53 Å². The van der Waals surface area contributed by atoms with Crippen molar-refractivity contribution in [3.63, 3.8) is 0 Å². The lowest BCUT2D eigenvalue weighted by atomic mass is 10.1. The van der Waals surface area contributed by atoms with E-state index in [9.17, 15) is 4.79 Å². The van der Waals surface area contributed by atoms with Crippen molar-refractivity contribution in [2.75, 3.05) is 39.4 Å². The van der Waals surface area contributed by atoms with Gasteiger partial charge in [-0.3, -0.25) is 9.89 Å². The first-order valence-corrected chi connectivity index (χ1v) is 8.46. The van der Waals surface area contributed by atoms with Crippen LogP contribution in [0, 0.1) is 5.92 Å². The van der Waals surface area contributed by atoms with E-state index in [-0.39, 0.29) is 24.2 Å². The highest BCUT2D eigenvalue weighted by molar-refractivity contribution is 5.85. The van der Waals surface area contributed by atoms with Gasteiger partial charge in [-0.15, -0.1) is 12.4 Å². The van der Waals surface area contributed by atoms with Gasteiger partial charge in [-0.1, -0.05) is 0 Å². The molecule has 0 aromatic carbocycles. The molecule has 1 aromatic rings. The molecule has 6 nitrogen and oxygen atoms in total. The van der Waals surface area contributed by atoms with Crippen molar-refractivity contribution in [3.8, 4) is 0 Å². The van der Waals surface area contributed by atoms with Crippen LogP contribution in [0.5, 0.6) is 0 Å². The van der Waals surface area contributed by atoms with Gasteiger partial charge in [0.1, 0.15) is 0 Å². The third kappa shape index (κ3) is 3.54. The van der Waals surface area contributed by atoms with Crippen LogP contribution in [0.2, 0.25) is 0 Å². The first-order chi connectivity index (χ1) is 10.8. The number of amides is 1. The lowest BCUT2D eigenvalue weighted by Crippen LogP contribution is -2.42. The molecule has 1 atom stereocenters. The highest BCUT2D eigenvalue weighted by Gasteiger charge is 2.32. The van der Waals surface area contributed by atoms with E-state index in [2.05, 4.69) is 15.5 Å². The first kappa shape index (κ1) is 16.7. The number of carbonyl (C=O) groups is 1. The molecule has 1 unspecified atom stereocenters. The summed E-state index contributed by atoms with van der Waals surface area (Å²) >= 11 is 0. The summed E-state index contributed by atoms with van der Waals surface area (Å²) in [6.45, 7) is 4.41. The topological polar surface area (TPSA) is 70.2 Å². The van der Waals surface area contributed by atoms with E-state index in [4.69, 9.17) is 4.74 Å². The molecule has 1 saturated heterocycles. The second-order valence-corrected chi connectivity index (χ2v) is 6.64. The molecule has 0 radical (unpaired) electrons. The third-order valence-corrected chi connectivity index (χ3v) is 5.01. The van der Waals surface area contributed by atoms with Gasteiger partial charge in [-0.25, -0.2) is 0 Å². The lowest BCUT2D eigenvalue weighted by molar-refractivity contribution is -0.136. The Kier molecular flexibility index (Phi) is 5.24. The van der Waals surface area contributed by atoms with Crippen LogP contribution < -0.4 is 5.32 Å². The molecule has 0 spiro atoms. The van der Waals surface area contributed by atoms with E-state index >= 15 is 0 Å². The Morgan fingerprint density at radius 1 is 1.26 bits per heavy atom. The third-order valence-electron chi connectivity index (χ3n) is 5.01. The molecule has 3 aliphatic rings. The Bertz CT molecular complexity index is 550. The van der Waals surface area contributed by atoms with Gasteiger partial charge in [-0.2, -0.15) is 5.10 Å². The Labute approximate surface area is 142 Å². The number of halogens is 1. The van der Waals surface area contributed by atoms with Gasteiger partial charge in [0.25, 0.3) is 0 Å². The molecular weight excluding hydrogens is 316 g/mol. The number of hydrogen-bond donors (Lipinski definition) is 2. The molecule has 1 aliphatic carbocycles. The highest BCUT2D eigenvalue weighted by atomic mass is 35.5. The van der Waals surface area contributed by atoms with Crippen molar-refractivity contribution in [1.29, 1.82) is 0 Å². The molecule has 1 saturated carbocycles. The van der Waals surface area contributed by atoms with Crippen LogP contribution in [0.25, 0.3) is 0 Å². The number of aromatic amines is 1. The second kappa shape index (κ2) is 7.20. The van der Waals surface area contributed by atoms with Crippen LogP contribution in [0.15, 0.2) is 0 Å². The molecule has 7 heteroatoms. The minimum atomic E-state index is -0.0417. The smallest absolute Gasteiger partial charge is 0.229 e. The average Bonchev–Trinajstić information content (AvgIpc) is 3.35. The quantitative estimate of drug-likeness (QED) is 0.838. The molecule has 4 rings (SSSR count). The van der Waals surface area contributed by atoms with Crippen LogP contribution in [0.1, 0.15) is 35.7 Å². The summed E-state index contributed by atoms with van der Waals surface area (Å²) in [5, 5.41) is 11.0. The normalized spacial score (nSPS) is 25.0. The fourth-order valence-electron chi connectivity index (χ4n) is 3.55. The SMILES string of the molecule is Cl.O=C(C1CNCCOC1)N1CCc2[nH]nc(C3CC3)c2CC1. The van der Waals surface area contributed by atoms with Crippen LogP contribution in [-0.4, -0.2) is 60.4 Å². The first-order valence-electron chi connectivity index (χ1n) is 8.46. The van der Waals surface area contributed by atoms with Crippen molar-refractivity contribution in [3.05, 3.63) is 17.0 Å². The number of rotatable bonds is 2. The van der Waals surface area contributed by atoms with Gasteiger partial charge >= 0.3 is 0 Å². The molecule has 23 heavy (non-hydrogen) atoms. The van der Waals surface area contributed by atoms with Gasteiger partial charge in [0.05, 0.1) is 24.8 Å². The minimum Gasteiger partial charge on any atom is -0.379 e. The Hall–Kier alpha value is -1.11. The molecule has 2 aliphatic heterocycles. The molecule has 2 fully saturated rings. The van der Waals surface area contributed by atoms with E-state index in [1.54, 1.807) is 0 Å². The van der Waals surface area contributed by atoms with E-state index in [1.807, 2.05) is 4.90 Å². The summed E-state index contributed by atoms with van der Waals surface area (Å²) in [5.41, 5.74) is 3.89. The molecule has 128 valence electrons. The Balaban J connectivity index is 0.00000156. The molecular formula is C16H25ClN4O2. The maximum atomic E-state index is 12.7. The zero-order chi connectivity index (χ0) is 14.9. The number of nitrogens with one attached hydrogen (secondary N) is 2. The number of H-pyrrole nitrogens is 1. The fraction of sp³-hybridized carbons (Fsp3) is 0.750. The summed E-state index contributed by atoms with van der Waals surface area (Å²) in [6, 6.07) is 0. The van der Waals surface area contributed by atoms with Gasteiger partial charge in [0.2, 0.25) is 5.91 Å². The zero-order valence-corrected chi connectivity index (χ0v) is 14.2. The van der Waals surface area contributed by atoms with Crippen LogP contribution in [-0.2, 0) is 22.4 Å². The molecule has 1 amide bonds. The number of fused-ring (bicyclic) bond motifs is 1. The van der Waals surface area contributed by atoms with Gasteiger partial charge in [-0.05, 0) is 24.8 Å². The standard InChI is InChI=1S/C16H24N4O2.ClH/c21-16(12-9-17-5-8-22-10-12)20-6-3-13-14(4-7-20)18-19-15(13)11-1-2-11;/h11-12,17H,1-10H2,(H,18,19);1H. The highest BCUT2D eigenvalue weighted by Crippen LogP contribution is 2.41. The van der Waals surface area contributed by atoms with E-state index in [1.165, 1.54) is 29.8 Å². The Morgan fingerprint density at radius 3 is 2.91 bits per heavy atom. The summed E-state index contributed by atoms with van der Waals surface area (Å²) in [7, 11) is 0. The monoisotopic (exact) mass is 340 g/mol. The van der Waals surface area contributed by atoms with Crippen LogP contribution in [0.3, 0.4) is 0 Å². The molecule has 0 bridgehead atoms. The maximum Gasteiger partial charge on any atom is 0.229 e. The summed E-state index contributed by atoms with van der Waals surface area (Å²) in [5.74, 6) is 0.863. The predicted molar refractivity (Wildman–Crippen MR) is 89.0 cm³/mol.